The van der Waals surface area contributed by atoms with Gasteiger partial charge >= 0.3 is 0 Å². The number of benzene rings is 2. The number of nitrogens with zero attached hydrogens (tertiary/aromatic N) is 1. The number of rotatable bonds is 7. The molecule has 26 heavy (non-hydrogen) atoms. The summed E-state index contributed by atoms with van der Waals surface area (Å²) in [5.74, 6) is -0.221. The summed E-state index contributed by atoms with van der Waals surface area (Å²) in [5, 5.41) is 2.44. The normalized spacial score (nSPS) is 13.0. The van der Waals surface area contributed by atoms with Gasteiger partial charge in [0.1, 0.15) is 0 Å². The fourth-order valence-corrected chi connectivity index (χ4v) is 3.69. The van der Waals surface area contributed by atoms with Crippen molar-refractivity contribution in [1.82, 2.24) is 10.2 Å². The molecule has 5 nitrogen and oxygen atoms in total. The van der Waals surface area contributed by atoms with Crippen LogP contribution in [0, 0.1) is 0 Å². The molecule has 0 aliphatic rings. The SMILES string of the molecule is CC(C)S(=O)(=O)c1ccc(C(=O)NCC(c2ccccc2)N(C)C)cc1. The van der Waals surface area contributed by atoms with Crippen LogP contribution >= 0.6 is 0 Å². The lowest BCUT2D eigenvalue weighted by Crippen LogP contribution is -2.34. The van der Waals surface area contributed by atoms with Crippen molar-refractivity contribution in [3.8, 4) is 0 Å². The summed E-state index contributed by atoms with van der Waals surface area (Å²) in [6.07, 6.45) is 0. The average Bonchev–Trinajstić information content (AvgIpc) is 2.62. The van der Waals surface area contributed by atoms with Crippen LogP contribution in [0.15, 0.2) is 59.5 Å². The number of hydrogen-bond acceptors (Lipinski definition) is 4. The van der Waals surface area contributed by atoms with E-state index in [2.05, 4.69) is 5.32 Å². The van der Waals surface area contributed by atoms with Crippen LogP contribution in [0.25, 0.3) is 0 Å². The molecule has 0 spiro atoms. The zero-order chi connectivity index (χ0) is 19.3. The summed E-state index contributed by atoms with van der Waals surface area (Å²) in [5.41, 5.74) is 1.56. The molecule has 0 saturated heterocycles. The molecule has 0 aliphatic carbocycles. The van der Waals surface area contributed by atoms with Crippen molar-refractivity contribution < 1.29 is 13.2 Å². The van der Waals surface area contributed by atoms with Crippen molar-refractivity contribution in [2.45, 2.75) is 30.0 Å². The van der Waals surface area contributed by atoms with Crippen LogP contribution in [-0.2, 0) is 9.84 Å². The number of nitrogens with one attached hydrogen (secondary N) is 1. The molecular formula is C20H26N2O3S. The molecule has 2 aromatic carbocycles. The summed E-state index contributed by atoms with van der Waals surface area (Å²) in [4.78, 5) is 14.7. The molecular weight excluding hydrogens is 348 g/mol. The van der Waals surface area contributed by atoms with Gasteiger partial charge in [0, 0.05) is 12.1 Å². The Bertz CT molecular complexity index is 829. The van der Waals surface area contributed by atoms with Gasteiger partial charge in [-0.25, -0.2) is 8.42 Å². The third-order valence-corrected chi connectivity index (χ3v) is 6.50. The minimum atomic E-state index is -3.33. The van der Waals surface area contributed by atoms with E-state index in [0.29, 0.717) is 12.1 Å². The van der Waals surface area contributed by atoms with E-state index in [9.17, 15) is 13.2 Å². The van der Waals surface area contributed by atoms with Crippen molar-refractivity contribution in [2.24, 2.45) is 0 Å². The third-order valence-electron chi connectivity index (χ3n) is 4.33. The molecule has 140 valence electrons. The average molecular weight is 375 g/mol. The van der Waals surface area contributed by atoms with Crippen LogP contribution in [0.5, 0.6) is 0 Å². The number of hydrogen-bond donors (Lipinski definition) is 1. The van der Waals surface area contributed by atoms with Gasteiger partial charge in [0.15, 0.2) is 9.84 Å². The first-order valence-corrected chi connectivity index (χ1v) is 10.1. The van der Waals surface area contributed by atoms with Crippen molar-refractivity contribution >= 4 is 15.7 Å². The van der Waals surface area contributed by atoms with Crippen LogP contribution < -0.4 is 5.32 Å². The van der Waals surface area contributed by atoms with Crippen LogP contribution in [0.4, 0.5) is 0 Å². The molecule has 1 unspecified atom stereocenters. The fourth-order valence-electron chi connectivity index (χ4n) is 2.63. The maximum atomic E-state index is 12.4. The summed E-state index contributed by atoms with van der Waals surface area (Å²) >= 11 is 0. The Labute approximate surface area is 156 Å². The molecule has 0 fully saturated rings. The van der Waals surface area contributed by atoms with Gasteiger partial charge in [-0.15, -0.1) is 0 Å². The first-order valence-electron chi connectivity index (χ1n) is 8.57. The second kappa shape index (κ2) is 8.47. The predicted octanol–water partition coefficient (Wildman–Crippen LogP) is 2.90. The summed E-state index contributed by atoms with van der Waals surface area (Å²) in [6, 6.07) is 16.1. The second-order valence-electron chi connectivity index (χ2n) is 6.72. The molecule has 0 saturated carbocycles. The van der Waals surface area contributed by atoms with E-state index in [-0.39, 0.29) is 16.8 Å². The first kappa shape index (κ1) is 20.1. The summed E-state index contributed by atoms with van der Waals surface area (Å²) < 4.78 is 24.3. The van der Waals surface area contributed by atoms with Crippen LogP contribution in [0.1, 0.15) is 35.8 Å². The highest BCUT2D eigenvalue weighted by atomic mass is 32.2. The Kier molecular flexibility index (Phi) is 6.56. The van der Waals surface area contributed by atoms with Crippen molar-refractivity contribution in [3.05, 3.63) is 65.7 Å². The minimum absolute atomic E-state index is 0.0562. The van der Waals surface area contributed by atoms with Crippen molar-refractivity contribution in [3.63, 3.8) is 0 Å². The largest absolute Gasteiger partial charge is 0.350 e. The van der Waals surface area contributed by atoms with Gasteiger partial charge in [-0.3, -0.25) is 4.79 Å². The van der Waals surface area contributed by atoms with Gasteiger partial charge in [-0.2, -0.15) is 0 Å². The van der Waals surface area contributed by atoms with E-state index in [1.165, 1.54) is 12.1 Å². The van der Waals surface area contributed by atoms with E-state index >= 15 is 0 Å². The highest BCUT2D eigenvalue weighted by molar-refractivity contribution is 7.92. The standard InChI is InChI=1S/C20H26N2O3S/c1-15(2)26(24,25)18-12-10-17(11-13-18)20(23)21-14-19(22(3)4)16-8-6-5-7-9-16/h5-13,15,19H,14H2,1-4H3,(H,21,23). The van der Waals surface area contributed by atoms with Crippen LogP contribution in [0.3, 0.4) is 0 Å². The molecule has 0 aromatic heterocycles. The van der Waals surface area contributed by atoms with Crippen molar-refractivity contribution in [1.29, 1.82) is 0 Å². The third kappa shape index (κ3) is 4.71. The Morgan fingerprint density at radius 2 is 1.58 bits per heavy atom. The number of carbonyl (C=O) groups excluding carboxylic acids is 1. The van der Waals surface area contributed by atoms with Crippen LogP contribution in [-0.4, -0.2) is 45.1 Å². The molecule has 0 heterocycles. The fraction of sp³-hybridized carbons (Fsp3) is 0.350. The van der Waals surface area contributed by atoms with Gasteiger partial charge < -0.3 is 10.2 Å². The molecule has 6 heteroatoms. The molecule has 1 N–H and O–H groups in total. The number of likely N-dealkylation sites (N-methyl/N-ethyl adjacent to an activating group) is 1. The lowest BCUT2D eigenvalue weighted by molar-refractivity contribution is 0.0942. The Morgan fingerprint density at radius 3 is 2.08 bits per heavy atom. The Balaban J connectivity index is 2.08. The van der Waals surface area contributed by atoms with Gasteiger partial charge in [0.2, 0.25) is 0 Å². The summed E-state index contributed by atoms with van der Waals surface area (Å²) in [6.45, 7) is 3.74. The zero-order valence-corrected chi connectivity index (χ0v) is 16.5. The highest BCUT2D eigenvalue weighted by Gasteiger charge is 2.20. The Hall–Kier alpha value is -2.18. The smallest absolute Gasteiger partial charge is 0.251 e. The van der Waals surface area contributed by atoms with E-state index in [4.69, 9.17) is 0 Å². The van der Waals surface area contributed by atoms with E-state index in [1.807, 2.05) is 49.3 Å². The zero-order valence-electron chi connectivity index (χ0n) is 15.6. The van der Waals surface area contributed by atoms with Crippen LogP contribution in [0.2, 0.25) is 0 Å². The molecule has 1 amide bonds. The number of sulfone groups is 1. The van der Waals surface area contributed by atoms with E-state index in [1.54, 1.807) is 26.0 Å². The number of carbonyl (C=O) groups is 1. The molecule has 0 radical (unpaired) electrons. The van der Waals surface area contributed by atoms with Gasteiger partial charge in [0.25, 0.3) is 5.91 Å². The Morgan fingerprint density at radius 1 is 1.00 bits per heavy atom. The second-order valence-corrected chi connectivity index (χ2v) is 9.22. The predicted molar refractivity (Wildman–Crippen MR) is 104 cm³/mol. The molecule has 2 aromatic rings. The first-order chi connectivity index (χ1) is 12.2. The molecule has 0 bridgehead atoms. The maximum Gasteiger partial charge on any atom is 0.251 e. The van der Waals surface area contributed by atoms with Gasteiger partial charge in [-0.1, -0.05) is 30.3 Å². The highest BCUT2D eigenvalue weighted by Crippen LogP contribution is 2.18. The minimum Gasteiger partial charge on any atom is -0.350 e. The lowest BCUT2D eigenvalue weighted by Gasteiger charge is -2.25. The lowest BCUT2D eigenvalue weighted by atomic mass is 10.1. The van der Waals surface area contributed by atoms with Crippen molar-refractivity contribution in [2.75, 3.05) is 20.6 Å². The maximum absolute atomic E-state index is 12.4. The number of amides is 1. The quantitative estimate of drug-likeness (QED) is 0.809. The van der Waals surface area contributed by atoms with Gasteiger partial charge in [0.05, 0.1) is 16.2 Å². The molecule has 2 rings (SSSR count). The van der Waals surface area contributed by atoms with Gasteiger partial charge in [-0.05, 0) is 57.8 Å². The summed E-state index contributed by atoms with van der Waals surface area (Å²) in [7, 11) is 0.605. The topological polar surface area (TPSA) is 66.5 Å². The van der Waals surface area contributed by atoms with E-state index < -0.39 is 15.1 Å². The monoisotopic (exact) mass is 374 g/mol. The molecule has 0 aliphatic heterocycles. The van der Waals surface area contributed by atoms with E-state index in [0.717, 1.165) is 5.56 Å². The molecule has 1 atom stereocenters.